The number of aromatic nitrogens is 1. The number of piperidine rings is 1. The van der Waals surface area contributed by atoms with Gasteiger partial charge in [0.2, 0.25) is 15.9 Å². The van der Waals surface area contributed by atoms with E-state index in [1.54, 1.807) is 13.8 Å². The number of hydrogen-bond acceptors (Lipinski definition) is 5. The quantitative estimate of drug-likeness (QED) is 0.554. The van der Waals surface area contributed by atoms with Gasteiger partial charge in [0.25, 0.3) is 0 Å². The zero-order chi connectivity index (χ0) is 24.3. The molecule has 180 valence electrons. The summed E-state index contributed by atoms with van der Waals surface area (Å²) < 4.78 is 32.9. The Bertz CT molecular complexity index is 1180. The Morgan fingerprint density at radius 1 is 1.09 bits per heavy atom. The Hall–Kier alpha value is -2.97. The summed E-state index contributed by atoms with van der Waals surface area (Å²) in [5.41, 5.74) is 2.13. The van der Waals surface area contributed by atoms with Crippen LogP contribution in [0.3, 0.4) is 0 Å². The van der Waals surface area contributed by atoms with Crippen molar-refractivity contribution < 1.29 is 17.7 Å². The Morgan fingerprint density at radius 2 is 1.68 bits per heavy atom. The summed E-state index contributed by atoms with van der Waals surface area (Å²) in [7, 11) is -3.78. The molecule has 0 spiro atoms. The summed E-state index contributed by atoms with van der Waals surface area (Å²) in [6, 6.07) is 20.2. The highest BCUT2D eigenvalue weighted by atomic mass is 32.2. The van der Waals surface area contributed by atoms with E-state index in [0.29, 0.717) is 31.6 Å². The van der Waals surface area contributed by atoms with Gasteiger partial charge in [0.05, 0.1) is 5.92 Å². The summed E-state index contributed by atoms with van der Waals surface area (Å²) in [4.78, 5) is 13.3. The van der Waals surface area contributed by atoms with Crippen LogP contribution in [-0.2, 0) is 20.2 Å². The van der Waals surface area contributed by atoms with Crippen molar-refractivity contribution in [1.82, 2.24) is 14.8 Å². The molecule has 0 bridgehead atoms. The first kappa shape index (κ1) is 24.2. The number of carbonyl (C=O) groups is 1. The maximum atomic E-state index is 13.2. The van der Waals surface area contributed by atoms with E-state index in [4.69, 9.17) is 4.52 Å². The van der Waals surface area contributed by atoms with Gasteiger partial charge in [0.1, 0.15) is 10.6 Å². The zero-order valence-electron chi connectivity index (χ0n) is 19.8. The van der Waals surface area contributed by atoms with Crippen LogP contribution in [0.15, 0.2) is 70.1 Å². The van der Waals surface area contributed by atoms with E-state index < -0.39 is 21.4 Å². The summed E-state index contributed by atoms with van der Waals surface area (Å²) in [5, 5.41) is 6.91. The number of benzene rings is 2. The van der Waals surface area contributed by atoms with Gasteiger partial charge in [-0.3, -0.25) is 4.79 Å². The smallest absolute Gasteiger partial charge is 0.248 e. The fourth-order valence-corrected chi connectivity index (χ4v) is 6.55. The van der Waals surface area contributed by atoms with E-state index in [1.807, 2.05) is 36.4 Å². The molecule has 34 heavy (non-hydrogen) atoms. The third-order valence-electron chi connectivity index (χ3n) is 6.76. The lowest BCUT2D eigenvalue weighted by Gasteiger charge is -2.34. The number of amides is 1. The van der Waals surface area contributed by atoms with Gasteiger partial charge in [-0.1, -0.05) is 65.8 Å². The third-order valence-corrected chi connectivity index (χ3v) is 8.87. The van der Waals surface area contributed by atoms with E-state index in [-0.39, 0.29) is 23.1 Å². The fraction of sp³-hybridized carbons (Fsp3) is 0.385. The first-order valence-electron chi connectivity index (χ1n) is 11.6. The van der Waals surface area contributed by atoms with Crippen LogP contribution in [0.25, 0.3) is 0 Å². The first-order chi connectivity index (χ1) is 16.2. The van der Waals surface area contributed by atoms with Crippen molar-refractivity contribution >= 4 is 15.9 Å². The number of aryl methyl sites for hydroxylation is 2. The van der Waals surface area contributed by atoms with Crippen LogP contribution in [0.1, 0.15) is 42.3 Å². The monoisotopic (exact) mass is 481 g/mol. The van der Waals surface area contributed by atoms with Crippen LogP contribution < -0.4 is 5.32 Å². The van der Waals surface area contributed by atoms with Crippen LogP contribution in [0.4, 0.5) is 0 Å². The molecule has 1 aliphatic rings. The highest BCUT2D eigenvalue weighted by molar-refractivity contribution is 7.89. The molecule has 8 heteroatoms. The highest BCUT2D eigenvalue weighted by Gasteiger charge is 2.37. The average molecular weight is 482 g/mol. The number of nitrogens with zero attached hydrogens (tertiary/aromatic N) is 2. The highest BCUT2D eigenvalue weighted by Crippen LogP contribution is 2.32. The van der Waals surface area contributed by atoms with Crippen LogP contribution in [0.5, 0.6) is 0 Å². The average Bonchev–Trinajstić information content (AvgIpc) is 3.22. The van der Waals surface area contributed by atoms with E-state index >= 15 is 0 Å². The molecule has 1 aromatic heterocycles. The van der Waals surface area contributed by atoms with E-state index in [2.05, 4.69) is 41.7 Å². The Labute approximate surface area is 201 Å². The molecule has 7 nitrogen and oxygen atoms in total. The molecule has 1 amide bonds. The topological polar surface area (TPSA) is 92.5 Å². The number of carbonyl (C=O) groups excluding carboxylic acids is 1. The Morgan fingerprint density at radius 3 is 2.21 bits per heavy atom. The molecule has 1 atom stereocenters. The molecule has 1 unspecified atom stereocenters. The molecule has 3 aromatic rings. The van der Waals surface area contributed by atoms with Crippen LogP contribution >= 0.6 is 0 Å². The van der Waals surface area contributed by atoms with E-state index in [0.717, 1.165) is 11.1 Å². The van der Waals surface area contributed by atoms with Crippen LogP contribution in [0, 0.1) is 19.8 Å². The van der Waals surface area contributed by atoms with Gasteiger partial charge in [-0.25, -0.2) is 8.42 Å². The van der Waals surface area contributed by atoms with E-state index in [9.17, 15) is 13.2 Å². The standard InChI is InChI=1S/C26H31N3O4S/c1-19-24(20(2)33-28-19)34(31,32)29-16-10-11-21(17-29)25(30)27-18-26(3,22-12-6-4-7-13-22)23-14-8-5-9-15-23/h4-9,12-15,21H,10-11,16-18H2,1-3H3,(H,27,30). The molecule has 1 fully saturated rings. The molecule has 1 N–H and O–H groups in total. The third kappa shape index (κ3) is 4.65. The molecule has 4 rings (SSSR count). The molecular weight excluding hydrogens is 450 g/mol. The van der Waals surface area contributed by atoms with Gasteiger partial charge in [-0.15, -0.1) is 0 Å². The summed E-state index contributed by atoms with van der Waals surface area (Å²) in [6.45, 7) is 6.26. The molecule has 2 heterocycles. The summed E-state index contributed by atoms with van der Waals surface area (Å²) in [5.74, 6) is -0.276. The molecular formula is C26H31N3O4S. The van der Waals surface area contributed by atoms with Gasteiger partial charge in [-0.2, -0.15) is 4.31 Å². The van der Waals surface area contributed by atoms with Crippen molar-refractivity contribution in [3.05, 3.63) is 83.2 Å². The van der Waals surface area contributed by atoms with E-state index in [1.165, 1.54) is 4.31 Å². The van der Waals surface area contributed by atoms with Gasteiger partial charge < -0.3 is 9.84 Å². The first-order valence-corrected chi connectivity index (χ1v) is 13.0. The molecule has 2 aromatic carbocycles. The predicted molar refractivity (Wildman–Crippen MR) is 130 cm³/mol. The summed E-state index contributed by atoms with van der Waals surface area (Å²) in [6.07, 6.45) is 1.27. The van der Waals surface area contributed by atoms with Gasteiger partial charge in [0, 0.05) is 25.0 Å². The van der Waals surface area contributed by atoms with Crippen molar-refractivity contribution in [1.29, 1.82) is 0 Å². The van der Waals surface area contributed by atoms with Crippen molar-refractivity contribution in [2.24, 2.45) is 5.92 Å². The lowest BCUT2D eigenvalue weighted by molar-refractivity contribution is -0.126. The maximum absolute atomic E-state index is 13.2. The number of rotatable bonds is 7. The molecule has 0 saturated carbocycles. The number of nitrogens with one attached hydrogen (secondary N) is 1. The molecule has 0 aliphatic carbocycles. The Balaban J connectivity index is 1.51. The predicted octanol–water partition coefficient (Wildman–Crippen LogP) is 3.81. The SMILES string of the molecule is Cc1noc(C)c1S(=O)(=O)N1CCCC(C(=O)NCC(C)(c2ccccc2)c2ccccc2)C1. The minimum absolute atomic E-state index is 0.106. The van der Waals surface area contributed by atoms with Crippen molar-refractivity contribution in [3.8, 4) is 0 Å². The molecule has 0 radical (unpaired) electrons. The second-order valence-electron chi connectivity index (χ2n) is 9.14. The van der Waals surface area contributed by atoms with Gasteiger partial charge in [0.15, 0.2) is 5.76 Å². The van der Waals surface area contributed by atoms with Crippen LogP contribution in [0.2, 0.25) is 0 Å². The van der Waals surface area contributed by atoms with Crippen molar-refractivity contribution in [2.75, 3.05) is 19.6 Å². The van der Waals surface area contributed by atoms with Crippen molar-refractivity contribution in [3.63, 3.8) is 0 Å². The second-order valence-corrected chi connectivity index (χ2v) is 11.0. The normalized spacial score (nSPS) is 17.4. The van der Waals surface area contributed by atoms with Gasteiger partial charge >= 0.3 is 0 Å². The lowest BCUT2D eigenvalue weighted by Crippen LogP contribution is -2.48. The second kappa shape index (κ2) is 9.72. The largest absolute Gasteiger partial charge is 0.360 e. The summed E-state index contributed by atoms with van der Waals surface area (Å²) >= 11 is 0. The minimum Gasteiger partial charge on any atom is -0.360 e. The number of hydrogen-bond donors (Lipinski definition) is 1. The Kier molecular flexibility index (Phi) is 6.91. The minimum atomic E-state index is -3.78. The van der Waals surface area contributed by atoms with Gasteiger partial charge in [-0.05, 0) is 44.7 Å². The fourth-order valence-electron chi connectivity index (χ4n) is 4.74. The lowest BCUT2D eigenvalue weighted by atomic mass is 9.76. The maximum Gasteiger partial charge on any atom is 0.248 e. The number of sulfonamides is 1. The molecule has 1 saturated heterocycles. The van der Waals surface area contributed by atoms with Crippen molar-refractivity contribution in [2.45, 2.75) is 43.9 Å². The molecule has 1 aliphatic heterocycles. The van der Waals surface area contributed by atoms with Crippen LogP contribution in [-0.4, -0.2) is 43.4 Å². The zero-order valence-corrected chi connectivity index (χ0v) is 20.6.